The SMILES string of the molecule is CC(C)(C)CC(=O)Nc1cc(Br)ccc1NCC1CC1.Nc1cc(Br)ccc1NCC1CC1. The van der Waals surface area contributed by atoms with Gasteiger partial charge in [0, 0.05) is 28.5 Å². The van der Waals surface area contributed by atoms with Crippen LogP contribution in [0.15, 0.2) is 45.3 Å². The van der Waals surface area contributed by atoms with E-state index in [9.17, 15) is 4.79 Å². The van der Waals surface area contributed by atoms with E-state index in [-0.39, 0.29) is 11.3 Å². The Morgan fingerprint density at radius 1 is 0.879 bits per heavy atom. The van der Waals surface area contributed by atoms with Gasteiger partial charge in [-0.05, 0) is 79.3 Å². The third kappa shape index (κ3) is 9.97. The van der Waals surface area contributed by atoms with Crippen molar-refractivity contribution in [2.45, 2.75) is 52.9 Å². The first-order valence-electron chi connectivity index (χ1n) is 11.7. The number of nitrogens with two attached hydrogens (primary N) is 1. The van der Waals surface area contributed by atoms with Crippen LogP contribution in [0.25, 0.3) is 0 Å². The summed E-state index contributed by atoms with van der Waals surface area (Å²) < 4.78 is 2.00. The first-order chi connectivity index (χ1) is 15.6. The van der Waals surface area contributed by atoms with Gasteiger partial charge in [-0.1, -0.05) is 52.6 Å². The second-order valence-corrected chi connectivity index (χ2v) is 12.2. The minimum Gasteiger partial charge on any atom is -0.397 e. The molecule has 0 unspecified atom stereocenters. The highest BCUT2D eigenvalue weighted by molar-refractivity contribution is 9.10. The molecule has 0 bridgehead atoms. The lowest BCUT2D eigenvalue weighted by Crippen LogP contribution is -2.20. The molecule has 0 heterocycles. The molecule has 0 spiro atoms. The summed E-state index contributed by atoms with van der Waals surface area (Å²) in [4.78, 5) is 12.1. The molecule has 2 aromatic rings. The van der Waals surface area contributed by atoms with Gasteiger partial charge >= 0.3 is 0 Å². The normalized spacial score (nSPS) is 15.3. The lowest BCUT2D eigenvalue weighted by atomic mass is 9.92. The van der Waals surface area contributed by atoms with Crippen molar-refractivity contribution < 1.29 is 4.79 Å². The maximum Gasteiger partial charge on any atom is 0.224 e. The van der Waals surface area contributed by atoms with Crippen molar-refractivity contribution in [2.24, 2.45) is 17.3 Å². The molecule has 0 saturated heterocycles. The van der Waals surface area contributed by atoms with Gasteiger partial charge in [0.15, 0.2) is 0 Å². The molecule has 2 aliphatic rings. The number of benzene rings is 2. The zero-order chi connectivity index (χ0) is 24.0. The monoisotopic (exact) mass is 578 g/mol. The third-order valence-electron chi connectivity index (χ3n) is 5.52. The van der Waals surface area contributed by atoms with E-state index < -0.39 is 0 Å². The predicted octanol–water partition coefficient (Wildman–Crippen LogP) is 7.50. The average Bonchev–Trinajstić information content (AvgIpc) is 3.60. The van der Waals surface area contributed by atoms with E-state index in [2.05, 4.69) is 68.6 Å². The fourth-order valence-electron chi connectivity index (χ4n) is 3.30. The van der Waals surface area contributed by atoms with E-state index >= 15 is 0 Å². The number of carbonyl (C=O) groups is 1. The Kier molecular flexibility index (Phi) is 9.10. The van der Waals surface area contributed by atoms with Crippen LogP contribution in [0.2, 0.25) is 0 Å². The highest BCUT2D eigenvalue weighted by Crippen LogP contribution is 2.32. The molecule has 5 nitrogen and oxygen atoms in total. The summed E-state index contributed by atoms with van der Waals surface area (Å²) >= 11 is 6.84. The molecule has 0 aromatic heterocycles. The van der Waals surface area contributed by atoms with Crippen molar-refractivity contribution in [1.29, 1.82) is 0 Å². The van der Waals surface area contributed by atoms with Crippen LogP contribution in [0.4, 0.5) is 22.7 Å². The standard InChI is InChI=1S/C16H23BrN2O.C10H13BrN2/c1-16(2,3)9-15(20)19-14-8-12(17)6-7-13(14)18-10-11-4-5-11;11-8-3-4-10(9(12)5-8)13-6-7-1-2-7/h6-8,11,18H,4-5,9-10H2,1-3H3,(H,19,20);3-5,7,13H,1-2,6,12H2. The molecular weight excluding hydrogens is 544 g/mol. The predicted molar refractivity (Wildman–Crippen MR) is 148 cm³/mol. The lowest BCUT2D eigenvalue weighted by molar-refractivity contribution is -0.117. The largest absolute Gasteiger partial charge is 0.397 e. The number of carbonyl (C=O) groups excluding carboxylic acids is 1. The molecule has 33 heavy (non-hydrogen) atoms. The van der Waals surface area contributed by atoms with Gasteiger partial charge in [-0.2, -0.15) is 0 Å². The van der Waals surface area contributed by atoms with Crippen LogP contribution in [0.1, 0.15) is 52.9 Å². The Morgan fingerprint density at radius 3 is 1.91 bits per heavy atom. The number of nitrogens with one attached hydrogen (secondary N) is 3. The first-order valence-corrected chi connectivity index (χ1v) is 13.3. The van der Waals surface area contributed by atoms with E-state index in [1.165, 1.54) is 25.7 Å². The quantitative estimate of drug-likeness (QED) is 0.244. The van der Waals surface area contributed by atoms with Gasteiger partial charge in [-0.25, -0.2) is 0 Å². The zero-order valence-electron chi connectivity index (χ0n) is 19.8. The molecule has 5 N–H and O–H groups in total. The molecule has 2 aliphatic carbocycles. The third-order valence-corrected chi connectivity index (χ3v) is 6.50. The van der Waals surface area contributed by atoms with Crippen LogP contribution in [-0.2, 0) is 4.79 Å². The van der Waals surface area contributed by atoms with Crippen molar-refractivity contribution in [3.63, 3.8) is 0 Å². The molecule has 0 aliphatic heterocycles. The Morgan fingerprint density at radius 2 is 1.39 bits per heavy atom. The van der Waals surface area contributed by atoms with Crippen molar-refractivity contribution >= 4 is 60.5 Å². The van der Waals surface area contributed by atoms with Crippen molar-refractivity contribution in [3.05, 3.63) is 45.3 Å². The molecule has 4 rings (SSSR count). The van der Waals surface area contributed by atoms with Gasteiger partial charge in [0.25, 0.3) is 0 Å². The topological polar surface area (TPSA) is 79.2 Å². The number of rotatable bonds is 8. The highest BCUT2D eigenvalue weighted by atomic mass is 79.9. The van der Waals surface area contributed by atoms with Crippen LogP contribution in [0.5, 0.6) is 0 Å². The molecule has 2 aromatic carbocycles. The molecular formula is C26H36Br2N4O. The Hall–Kier alpha value is -1.73. The Balaban J connectivity index is 0.000000203. The summed E-state index contributed by atoms with van der Waals surface area (Å²) in [7, 11) is 0. The van der Waals surface area contributed by atoms with E-state index in [1.807, 2.05) is 36.4 Å². The summed E-state index contributed by atoms with van der Waals surface area (Å²) in [6, 6.07) is 11.9. The van der Waals surface area contributed by atoms with E-state index in [1.54, 1.807) is 0 Å². The number of amides is 1. The van der Waals surface area contributed by atoms with Gasteiger partial charge in [0.2, 0.25) is 5.91 Å². The van der Waals surface area contributed by atoms with Crippen molar-refractivity contribution in [3.8, 4) is 0 Å². The summed E-state index contributed by atoms with van der Waals surface area (Å²) in [5, 5.41) is 9.81. The minimum atomic E-state index is -0.00228. The highest BCUT2D eigenvalue weighted by Gasteiger charge is 2.22. The van der Waals surface area contributed by atoms with Crippen molar-refractivity contribution in [2.75, 3.05) is 34.8 Å². The molecule has 0 atom stereocenters. The second-order valence-electron chi connectivity index (χ2n) is 10.4. The van der Waals surface area contributed by atoms with Crippen LogP contribution in [0, 0.1) is 17.3 Å². The van der Waals surface area contributed by atoms with Crippen LogP contribution in [0.3, 0.4) is 0 Å². The van der Waals surface area contributed by atoms with Crippen LogP contribution < -0.4 is 21.7 Å². The van der Waals surface area contributed by atoms with E-state index in [0.717, 1.165) is 56.6 Å². The van der Waals surface area contributed by atoms with E-state index in [4.69, 9.17) is 5.73 Å². The van der Waals surface area contributed by atoms with Crippen LogP contribution in [-0.4, -0.2) is 19.0 Å². The summed E-state index contributed by atoms with van der Waals surface area (Å²) in [6.45, 7) is 8.26. The molecule has 7 heteroatoms. The number of anilines is 4. The molecule has 2 fully saturated rings. The lowest BCUT2D eigenvalue weighted by Gasteiger charge is -2.19. The van der Waals surface area contributed by atoms with Gasteiger partial charge in [-0.3, -0.25) is 4.79 Å². The Bertz CT molecular complexity index is 950. The second kappa shape index (κ2) is 11.6. The van der Waals surface area contributed by atoms with Gasteiger partial charge in [0.05, 0.1) is 22.7 Å². The van der Waals surface area contributed by atoms with Crippen LogP contribution >= 0.6 is 31.9 Å². The summed E-state index contributed by atoms with van der Waals surface area (Å²) in [6.07, 6.45) is 5.87. The maximum atomic E-state index is 12.1. The summed E-state index contributed by atoms with van der Waals surface area (Å²) in [5.41, 5.74) is 9.56. The number of hydrogen-bond acceptors (Lipinski definition) is 4. The average molecular weight is 580 g/mol. The number of halogens is 2. The van der Waals surface area contributed by atoms with Gasteiger partial charge < -0.3 is 21.7 Å². The summed E-state index contributed by atoms with van der Waals surface area (Å²) in [5.74, 6) is 1.74. The van der Waals surface area contributed by atoms with Gasteiger partial charge in [-0.15, -0.1) is 0 Å². The van der Waals surface area contributed by atoms with E-state index in [0.29, 0.717) is 6.42 Å². The smallest absolute Gasteiger partial charge is 0.224 e. The molecule has 180 valence electrons. The first kappa shape index (κ1) is 25.9. The number of hydrogen-bond donors (Lipinski definition) is 4. The fourth-order valence-corrected chi connectivity index (χ4v) is 4.04. The van der Waals surface area contributed by atoms with Gasteiger partial charge in [0.1, 0.15) is 0 Å². The van der Waals surface area contributed by atoms with Crippen molar-refractivity contribution in [1.82, 2.24) is 0 Å². The Labute approximate surface area is 214 Å². The molecule has 2 saturated carbocycles. The number of nitrogen functional groups attached to an aromatic ring is 1. The molecule has 1 amide bonds. The molecule has 0 radical (unpaired) electrons. The zero-order valence-corrected chi connectivity index (χ0v) is 23.0. The minimum absolute atomic E-state index is 0.00228. The fraction of sp³-hybridized carbons (Fsp3) is 0.500. The maximum absolute atomic E-state index is 12.1.